The molecule has 37 heavy (non-hydrogen) atoms. The van der Waals surface area contributed by atoms with Crippen LogP contribution in [-0.4, -0.2) is 43.5 Å². The van der Waals surface area contributed by atoms with Crippen molar-refractivity contribution in [2.24, 2.45) is 0 Å². The fourth-order valence-electron chi connectivity index (χ4n) is 3.82. The van der Waals surface area contributed by atoms with Gasteiger partial charge >= 0.3 is 0 Å². The van der Waals surface area contributed by atoms with Crippen molar-refractivity contribution in [1.29, 1.82) is 0 Å². The van der Waals surface area contributed by atoms with Crippen molar-refractivity contribution in [3.63, 3.8) is 0 Å². The second-order valence-electron chi connectivity index (χ2n) is 8.67. The van der Waals surface area contributed by atoms with Crippen molar-refractivity contribution in [1.82, 2.24) is 15.2 Å². The third-order valence-electron chi connectivity index (χ3n) is 5.94. The molecule has 1 atom stereocenters. The maximum atomic E-state index is 13.2. The molecule has 2 N–H and O–H groups in total. The number of anilines is 1. The lowest BCUT2D eigenvalue weighted by Crippen LogP contribution is -2.48. The van der Waals surface area contributed by atoms with Crippen LogP contribution in [-0.2, 0) is 26.2 Å². The van der Waals surface area contributed by atoms with Crippen LogP contribution in [0.25, 0.3) is 0 Å². The Hall–Kier alpha value is -3.93. The van der Waals surface area contributed by atoms with Gasteiger partial charge in [0.1, 0.15) is 11.9 Å². The summed E-state index contributed by atoms with van der Waals surface area (Å²) < 4.78 is 40.0. The van der Waals surface area contributed by atoms with Crippen molar-refractivity contribution in [3.8, 4) is 0 Å². The van der Waals surface area contributed by atoms with Crippen molar-refractivity contribution in [2.45, 2.75) is 30.8 Å². The van der Waals surface area contributed by atoms with Crippen LogP contribution in [0.1, 0.15) is 27.9 Å². The van der Waals surface area contributed by atoms with Crippen molar-refractivity contribution in [3.05, 3.63) is 95.3 Å². The summed E-state index contributed by atoms with van der Waals surface area (Å²) in [5, 5.41) is 0. The molecule has 0 aromatic heterocycles. The first-order chi connectivity index (χ1) is 17.6. The van der Waals surface area contributed by atoms with E-state index in [0.29, 0.717) is 5.56 Å². The minimum absolute atomic E-state index is 0.105. The zero-order valence-corrected chi connectivity index (χ0v) is 21.0. The maximum Gasteiger partial charge on any atom is 0.265 e. The molecule has 0 radical (unpaired) electrons. The van der Waals surface area contributed by atoms with Gasteiger partial charge in [0.15, 0.2) is 0 Å². The monoisotopic (exact) mass is 524 g/mol. The van der Waals surface area contributed by atoms with Crippen LogP contribution >= 0.6 is 0 Å². The molecule has 1 saturated heterocycles. The number of carbonyl (C=O) groups excluding carboxylic acids is 3. The van der Waals surface area contributed by atoms with Gasteiger partial charge in [-0.25, -0.2) is 23.1 Å². The topological polar surface area (TPSA) is 116 Å². The summed E-state index contributed by atoms with van der Waals surface area (Å²) in [5.41, 5.74) is 7.17. The summed E-state index contributed by atoms with van der Waals surface area (Å²) in [6, 6.07) is 16.9. The molecule has 9 nitrogen and oxygen atoms in total. The average molecular weight is 525 g/mol. The lowest BCUT2D eigenvalue weighted by Gasteiger charge is -2.18. The maximum absolute atomic E-state index is 13.2. The molecular weight excluding hydrogens is 499 g/mol. The second-order valence-corrected chi connectivity index (χ2v) is 10.7. The molecule has 11 heteroatoms. The Labute approximate surface area is 213 Å². The van der Waals surface area contributed by atoms with Crippen LogP contribution in [0.3, 0.4) is 0 Å². The number of nitrogens with zero attached hydrogens (tertiary/aromatic N) is 2. The minimum Gasteiger partial charge on any atom is -0.287 e. The van der Waals surface area contributed by atoms with Gasteiger partial charge in [0, 0.05) is 19.2 Å². The van der Waals surface area contributed by atoms with Gasteiger partial charge in [-0.1, -0.05) is 29.8 Å². The first-order valence-electron chi connectivity index (χ1n) is 11.4. The normalized spacial score (nSPS) is 15.9. The predicted octanol–water partition coefficient (Wildman–Crippen LogP) is 2.52. The van der Waals surface area contributed by atoms with Crippen LogP contribution in [0.15, 0.2) is 77.7 Å². The quantitative estimate of drug-likeness (QED) is 0.346. The lowest BCUT2D eigenvalue weighted by atomic mass is 10.1. The molecule has 0 spiro atoms. The highest BCUT2D eigenvalue weighted by molar-refractivity contribution is 7.89. The number of hydrazine groups is 1. The van der Waals surface area contributed by atoms with Crippen LogP contribution in [0.4, 0.5) is 10.1 Å². The molecule has 1 fully saturated rings. The van der Waals surface area contributed by atoms with Crippen molar-refractivity contribution >= 4 is 33.4 Å². The minimum atomic E-state index is -3.67. The van der Waals surface area contributed by atoms with E-state index in [1.807, 2.05) is 6.92 Å². The average Bonchev–Trinajstić information content (AvgIpc) is 3.16. The lowest BCUT2D eigenvalue weighted by molar-refractivity contribution is -0.121. The van der Waals surface area contributed by atoms with Crippen molar-refractivity contribution < 1.29 is 27.2 Å². The third kappa shape index (κ3) is 5.74. The van der Waals surface area contributed by atoms with E-state index in [1.165, 1.54) is 35.6 Å². The van der Waals surface area contributed by atoms with Gasteiger partial charge in [-0.2, -0.15) is 4.31 Å². The molecule has 1 aliphatic rings. The number of benzene rings is 3. The van der Waals surface area contributed by atoms with Gasteiger partial charge < -0.3 is 0 Å². The number of amides is 3. The first-order valence-corrected chi connectivity index (χ1v) is 12.8. The molecule has 3 aromatic rings. The predicted molar refractivity (Wildman–Crippen MR) is 134 cm³/mol. The molecule has 0 aliphatic carbocycles. The number of hydrogen-bond acceptors (Lipinski definition) is 6. The summed E-state index contributed by atoms with van der Waals surface area (Å²) in [6.07, 6.45) is -0.169. The number of rotatable bonds is 8. The molecule has 1 heterocycles. The first kappa shape index (κ1) is 26.1. The third-order valence-corrected chi connectivity index (χ3v) is 7.76. The fourth-order valence-corrected chi connectivity index (χ4v) is 4.98. The summed E-state index contributed by atoms with van der Waals surface area (Å²) in [5.74, 6) is -2.06. The van der Waals surface area contributed by atoms with Gasteiger partial charge in [0.2, 0.25) is 15.9 Å². The zero-order chi connectivity index (χ0) is 26.7. The van der Waals surface area contributed by atoms with E-state index in [4.69, 9.17) is 0 Å². The van der Waals surface area contributed by atoms with E-state index in [2.05, 4.69) is 10.9 Å². The Balaban J connectivity index is 1.34. The molecule has 4 rings (SSSR count). The number of nitrogens with one attached hydrogen (secondary N) is 2. The summed E-state index contributed by atoms with van der Waals surface area (Å²) >= 11 is 0. The SMILES string of the molecule is Cc1ccc(S(=O)(=O)N(C)Cc2ccc(C(=O)NNC3CC(=O)N(c4ccc(F)cc4)C3=O)cc2)cc1. The molecule has 1 aliphatic heterocycles. The summed E-state index contributed by atoms with van der Waals surface area (Å²) in [4.78, 5) is 38.6. The Kier molecular flexibility index (Phi) is 7.48. The summed E-state index contributed by atoms with van der Waals surface area (Å²) in [7, 11) is -2.19. The Morgan fingerprint density at radius 2 is 1.62 bits per heavy atom. The highest BCUT2D eigenvalue weighted by Gasteiger charge is 2.39. The van der Waals surface area contributed by atoms with E-state index in [9.17, 15) is 27.2 Å². The smallest absolute Gasteiger partial charge is 0.265 e. The zero-order valence-electron chi connectivity index (χ0n) is 20.1. The molecule has 0 saturated carbocycles. The van der Waals surface area contributed by atoms with Crippen LogP contribution < -0.4 is 15.8 Å². The second kappa shape index (κ2) is 10.6. The highest BCUT2D eigenvalue weighted by atomic mass is 32.2. The van der Waals surface area contributed by atoms with Crippen molar-refractivity contribution in [2.75, 3.05) is 11.9 Å². The van der Waals surface area contributed by atoms with Gasteiger partial charge in [0.05, 0.1) is 17.0 Å². The van der Waals surface area contributed by atoms with Crippen LogP contribution in [0.5, 0.6) is 0 Å². The number of sulfonamides is 1. The molecule has 3 amide bonds. The Bertz CT molecular complexity index is 1430. The number of hydrogen-bond donors (Lipinski definition) is 2. The van der Waals surface area contributed by atoms with E-state index >= 15 is 0 Å². The van der Waals surface area contributed by atoms with E-state index < -0.39 is 39.6 Å². The van der Waals surface area contributed by atoms with Gasteiger partial charge in [-0.05, 0) is 61.0 Å². The standard InChI is InChI=1S/C26H25FN4O5S/c1-17-3-13-22(14-4-17)37(35,36)30(2)16-18-5-7-19(8-6-18)25(33)29-28-23-15-24(32)31(26(23)34)21-11-9-20(27)10-12-21/h3-14,23,28H,15-16H2,1-2H3,(H,29,33). The van der Waals surface area contributed by atoms with Gasteiger partial charge in [-0.15, -0.1) is 0 Å². The number of aryl methyl sites for hydroxylation is 1. The molecule has 3 aromatic carbocycles. The largest absolute Gasteiger partial charge is 0.287 e. The number of carbonyl (C=O) groups is 3. The Morgan fingerprint density at radius 1 is 1.00 bits per heavy atom. The van der Waals surface area contributed by atoms with E-state index in [-0.39, 0.29) is 29.1 Å². The molecule has 192 valence electrons. The van der Waals surface area contributed by atoms with E-state index in [1.54, 1.807) is 36.4 Å². The fraction of sp³-hybridized carbons (Fsp3) is 0.192. The van der Waals surface area contributed by atoms with Crippen LogP contribution in [0, 0.1) is 12.7 Å². The molecular formula is C26H25FN4O5S. The van der Waals surface area contributed by atoms with Gasteiger partial charge in [0.25, 0.3) is 11.8 Å². The molecule has 1 unspecified atom stereocenters. The highest BCUT2D eigenvalue weighted by Crippen LogP contribution is 2.23. The van der Waals surface area contributed by atoms with Gasteiger partial charge in [-0.3, -0.25) is 19.8 Å². The Morgan fingerprint density at radius 3 is 2.24 bits per heavy atom. The molecule has 0 bridgehead atoms. The summed E-state index contributed by atoms with van der Waals surface area (Å²) in [6.45, 7) is 1.98. The van der Waals surface area contributed by atoms with E-state index in [0.717, 1.165) is 22.6 Å². The van der Waals surface area contributed by atoms with Crippen LogP contribution in [0.2, 0.25) is 0 Å². The number of imide groups is 1. The number of halogens is 1.